The molecule has 1 saturated heterocycles. The highest BCUT2D eigenvalue weighted by Crippen LogP contribution is 2.26. The van der Waals surface area contributed by atoms with Crippen LogP contribution in [0.4, 0.5) is 5.82 Å². The number of anilines is 1. The van der Waals surface area contributed by atoms with Crippen LogP contribution in [0.2, 0.25) is 0 Å². The van der Waals surface area contributed by atoms with Crippen molar-refractivity contribution >= 4 is 17.4 Å². The first-order valence-electron chi connectivity index (χ1n) is 5.82. The van der Waals surface area contributed by atoms with E-state index in [4.69, 9.17) is 11.6 Å². The molecular weight excluding hydrogens is 222 g/mol. The summed E-state index contributed by atoms with van der Waals surface area (Å²) in [6, 6.07) is 0. The zero-order valence-electron chi connectivity index (χ0n) is 9.86. The van der Waals surface area contributed by atoms with Crippen LogP contribution in [0.5, 0.6) is 0 Å². The maximum Gasteiger partial charge on any atom is 0.147 e. The van der Waals surface area contributed by atoms with Crippen molar-refractivity contribution in [1.29, 1.82) is 0 Å². The molecule has 88 valence electrons. The molecule has 0 bridgehead atoms. The van der Waals surface area contributed by atoms with Gasteiger partial charge in [-0.05, 0) is 18.3 Å². The molecule has 2 rings (SSSR count). The number of nitrogens with zero attached hydrogens (tertiary/aromatic N) is 3. The molecule has 1 aliphatic heterocycles. The second-order valence-corrected chi connectivity index (χ2v) is 5.01. The van der Waals surface area contributed by atoms with E-state index in [0.29, 0.717) is 5.88 Å². The SMILES string of the molecule is CC(C)C1CCN(c2cnc(CCl)cn2)C1. The van der Waals surface area contributed by atoms with Crippen molar-refractivity contribution in [3.05, 3.63) is 18.1 Å². The second-order valence-electron chi connectivity index (χ2n) is 4.74. The molecule has 1 atom stereocenters. The second kappa shape index (κ2) is 5.00. The summed E-state index contributed by atoms with van der Waals surface area (Å²) in [4.78, 5) is 11.0. The Labute approximate surface area is 102 Å². The molecule has 4 heteroatoms. The zero-order chi connectivity index (χ0) is 11.5. The van der Waals surface area contributed by atoms with Crippen molar-refractivity contribution in [1.82, 2.24) is 9.97 Å². The Kier molecular flexibility index (Phi) is 3.64. The monoisotopic (exact) mass is 239 g/mol. The van der Waals surface area contributed by atoms with Crippen LogP contribution in [0.25, 0.3) is 0 Å². The van der Waals surface area contributed by atoms with Crippen molar-refractivity contribution in [3.8, 4) is 0 Å². The molecule has 0 spiro atoms. The Hall–Kier alpha value is -0.830. The molecule has 0 aliphatic carbocycles. The molecule has 0 aromatic carbocycles. The van der Waals surface area contributed by atoms with Crippen LogP contribution in [0, 0.1) is 11.8 Å². The van der Waals surface area contributed by atoms with Gasteiger partial charge in [-0.1, -0.05) is 13.8 Å². The van der Waals surface area contributed by atoms with Crippen molar-refractivity contribution in [2.75, 3.05) is 18.0 Å². The molecule has 1 aromatic heterocycles. The summed E-state index contributed by atoms with van der Waals surface area (Å²) in [6.07, 6.45) is 4.86. The summed E-state index contributed by atoms with van der Waals surface area (Å²) >= 11 is 5.69. The fraction of sp³-hybridized carbons (Fsp3) is 0.667. The largest absolute Gasteiger partial charge is 0.355 e. The minimum absolute atomic E-state index is 0.432. The van der Waals surface area contributed by atoms with Crippen LogP contribution in [0.15, 0.2) is 12.4 Å². The summed E-state index contributed by atoms with van der Waals surface area (Å²) < 4.78 is 0. The fourth-order valence-electron chi connectivity index (χ4n) is 2.12. The van der Waals surface area contributed by atoms with Gasteiger partial charge in [-0.15, -0.1) is 11.6 Å². The third kappa shape index (κ3) is 2.46. The van der Waals surface area contributed by atoms with E-state index < -0.39 is 0 Å². The van der Waals surface area contributed by atoms with Gasteiger partial charge in [-0.2, -0.15) is 0 Å². The molecule has 1 aromatic rings. The minimum Gasteiger partial charge on any atom is -0.355 e. The maximum absolute atomic E-state index is 5.69. The quantitative estimate of drug-likeness (QED) is 0.760. The van der Waals surface area contributed by atoms with E-state index in [2.05, 4.69) is 28.7 Å². The number of rotatable bonds is 3. The highest BCUT2D eigenvalue weighted by atomic mass is 35.5. The zero-order valence-corrected chi connectivity index (χ0v) is 10.6. The van der Waals surface area contributed by atoms with Gasteiger partial charge in [-0.3, -0.25) is 4.98 Å². The first-order chi connectivity index (χ1) is 7.70. The van der Waals surface area contributed by atoms with Crippen LogP contribution < -0.4 is 4.90 Å². The van der Waals surface area contributed by atoms with E-state index >= 15 is 0 Å². The van der Waals surface area contributed by atoms with E-state index in [1.165, 1.54) is 6.42 Å². The average molecular weight is 240 g/mol. The normalized spacial score (nSPS) is 20.8. The Balaban J connectivity index is 2.03. The molecular formula is C12H18ClN3. The molecule has 0 saturated carbocycles. The number of alkyl halides is 1. The molecule has 0 N–H and O–H groups in total. The van der Waals surface area contributed by atoms with Gasteiger partial charge >= 0.3 is 0 Å². The van der Waals surface area contributed by atoms with Crippen molar-refractivity contribution in [3.63, 3.8) is 0 Å². The van der Waals surface area contributed by atoms with Gasteiger partial charge < -0.3 is 4.90 Å². The topological polar surface area (TPSA) is 29.0 Å². The molecule has 2 heterocycles. The number of aromatic nitrogens is 2. The van der Waals surface area contributed by atoms with E-state index in [9.17, 15) is 0 Å². The number of halogens is 1. The Morgan fingerprint density at radius 1 is 1.44 bits per heavy atom. The van der Waals surface area contributed by atoms with Gasteiger partial charge in [-0.25, -0.2) is 4.98 Å². The maximum atomic E-state index is 5.69. The molecule has 1 unspecified atom stereocenters. The highest BCUT2D eigenvalue weighted by molar-refractivity contribution is 6.16. The predicted octanol–water partition coefficient (Wildman–Crippen LogP) is 2.70. The summed E-state index contributed by atoms with van der Waals surface area (Å²) in [5.41, 5.74) is 0.838. The van der Waals surface area contributed by atoms with Crippen LogP contribution in [0.3, 0.4) is 0 Å². The molecule has 1 aliphatic rings. The van der Waals surface area contributed by atoms with E-state index in [1.54, 1.807) is 6.20 Å². The molecule has 0 radical (unpaired) electrons. The lowest BCUT2D eigenvalue weighted by Crippen LogP contribution is -2.22. The van der Waals surface area contributed by atoms with Gasteiger partial charge in [0.25, 0.3) is 0 Å². The van der Waals surface area contributed by atoms with Gasteiger partial charge in [0.15, 0.2) is 0 Å². The minimum atomic E-state index is 0.432. The highest BCUT2D eigenvalue weighted by Gasteiger charge is 2.25. The number of hydrogen-bond donors (Lipinski definition) is 0. The lowest BCUT2D eigenvalue weighted by atomic mass is 9.95. The van der Waals surface area contributed by atoms with Crippen molar-refractivity contribution in [2.24, 2.45) is 11.8 Å². The molecule has 16 heavy (non-hydrogen) atoms. The van der Waals surface area contributed by atoms with Crippen LogP contribution >= 0.6 is 11.6 Å². The van der Waals surface area contributed by atoms with Gasteiger partial charge in [0, 0.05) is 13.1 Å². The summed E-state index contributed by atoms with van der Waals surface area (Å²) in [5.74, 6) is 2.95. The Bertz CT molecular complexity index is 337. The number of hydrogen-bond acceptors (Lipinski definition) is 3. The average Bonchev–Trinajstić information content (AvgIpc) is 2.78. The lowest BCUT2D eigenvalue weighted by molar-refractivity contribution is 0.422. The van der Waals surface area contributed by atoms with E-state index in [1.807, 2.05) is 6.20 Å². The van der Waals surface area contributed by atoms with Crippen LogP contribution in [0.1, 0.15) is 26.0 Å². The van der Waals surface area contributed by atoms with Gasteiger partial charge in [0.2, 0.25) is 0 Å². The van der Waals surface area contributed by atoms with Crippen molar-refractivity contribution in [2.45, 2.75) is 26.1 Å². The third-order valence-electron chi connectivity index (χ3n) is 3.32. The lowest BCUT2D eigenvalue weighted by Gasteiger charge is -2.18. The van der Waals surface area contributed by atoms with Crippen LogP contribution in [-0.2, 0) is 5.88 Å². The molecule has 0 amide bonds. The Morgan fingerprint density at radius 3 is 2.75 bits per heavy atom. The molecule has 1 fully saturated rings. The smallest absolute Gasteiger partial charge is 0.147 e. The first-order valence-corrected chi connectivity index (χ1v) is 6.36. The Morgan fingerprint density at radius 2 is 2.25 bits per heavy atom. The van der Waals surface area contributed by atoms with E-state index in [-0.39, 0.29) is 0 Å². The summed E-state index contributed by atoms with van der Waals surface area (Å²) in [7, 11) is 0. The summed E-state index contributed by atoms with van der Waals surface area (Å²) in [6.45, 7) is 6.77. The predicted molar refractivity (Wildman–Crippen MR) is 66.7 cm³/mol. The van der Waals surface area contributed by atoms with Crippen molar-refractivity contribution < 1.29 is 0 Å². The van der Waals surface area contributed by atoms with E-state index in [0.717, 1.165) is 36.4 Å². The summed E-state index contributed by atoms with van der Waals surface area (Å²) in [5, 5.41) is 0. The van der Waals surface area contributed by atoms with Gasteiger partial charge in [0.05, 0.1) is 24.0 Å². The third-order valence-corrected chi connectivity index (χ3v) is 3.59. The molecule has 3 nitrogen and oxygen atoms in total. The first kappa shape index (κ1) is 11.6. The van der Waals surface area contributed by atoms with Crippen LogP contribution in [-0.4, -0.2) is 23.1 Å². The standard InChI is InChI=1S/C12H18ClN3/c1-9(2)10-3-4-16(8-10)12-7-14-11(5-13)6-15-12/h6-7,9-10H,3-5,8H2,1-2H3. The van der Waals surface area contributed by atoms with Gasteiger partial charge in [0.1, 0.15) is 5.82 Å². The fourth-order valence-corrected chi connectivity index (χ4v) is 2.26.